The van der Waals surface area contributed by atoms with Crippen LogP contribution in [0.5, 0.6) is 0 Å². The number of hydrogen-bond acceptors (Lipinski definition) is 4. The number of nitrogens with zero attached hydrogens (tertiary/aromatic N) is 2. The normalized spacial score (nSPS) is 17.6. The van der Waals surface area contributed by atoms with Crippen LogP contribution in [0.15, 0.2) is 18.3 Å². The molecule has 17 heavy (non-hydrogen) atoms. The fraction of sp³-hybridized carbons (Fsp3) is 0.538. The molecule has 0 aromatic carbocycles. The van der Waals surface area contributed by atoms with Gasteiger partial charge in [-0.3, -0.25) is 0 Å². The van der Waals surface area contributed by atoms with Crippen LogP contribution in [-0.4, -0.2) is 17.6 Å². The van der Waals surface area contributed by atoms with Crippen LogP contribution in [0.3, 0.4) is 0 Å². The Morgan fingerprint density at radius 1 is 1.53 bits per heavy atom. The largest absolute Gasteiger partial charge is 0.366 e. The Bertz CT molecular complexity index is 404. The highest BCUT2D eigenvalue weighted by Gasteiger charge is 2.23. The molecule has 1 aromatic heterocycles. The molecule has 1 aromatic rings. The zero-order valence-electron chi connectivity index (χ0n) is 9.89. The Morgan fingerprint density at radius 2 is 2.29 bits per heavy atom. The molecule has 4 heteroatoms. The van der Waals surface area contributed by atoms with E-state index in [1.54, 1.807) is 18.3 Å². The summed E-state index contributed by atoms with van der Waals surface area (Å²) in [7, 11) is 0. The monoisotopic (exact) mass is 230 g/mol. The van der Waals surface area contributed by atoms with E-state index in [4.69, 9.17) is 11.0 Å². The van der Waals surface area contributed by atoms with E-state index in [0.29, 0.717) is 18.0 Å². The van der Waals surface area contributed by atoms with Gasteiger partial charge in [0, 0.05) is 18.8 Å². The van der Waals surface area contributed by atoms with Gasteiger partial charge in [0.1, 0.15) is 5.82 Å². The Balaban J connectivity index is 2.04. The number of aromatic nitrogens is 1. The van der Waals surface area contributed by atoms with Gasteiger partial charge in [0.25, 0.3) is 0 Å². The number of anilines is 1. The van der Waals surface area contributed by atoms with E-state index in [0.717, 1.165) is 5.82 Å². The van der Waals surface area contributed by atoms with Crippen LogP contribution in [-0.2, 0) is 0 Å². The molecule has 0 spiro atoms. The third-order valence-electron chi connectivity index (χ3n) is 3.45. The third-order valence-corrected chi connectivity index (χ3v) is 3.45. The summed E-state index contributed by atoms with van der Waals surface area (Å²) in [4.78, 5) is 4.23. The molecule has 2 rings (SSSR count). The van der Waals surface area contributed by atoms with Crippen LogP contribution >= 0.6 is 0 Å². The number of nitrogens with two attached hydrogens (primary N) is 1. The van der Waals surface area contributed by atoms with Gasteiger partial charge in [-0.1, -0.05) is 12.8 Å². The lowest BCUT2D eigenvalue weighted by Crippen LogP contribution is -2.35. The maximum atomic E-state index is 8.83. The van der Waals surface area contributed by atoms with E-state index < -0.39 is 0 Å². The highest BCUT2D eigenvalue weighted by Crippen LogP contribution is 2.28. The highest BCUT2D eigenvalue weighted by molar-refractivity contribution is 5.43. The molecule has 0 radical (unpaired) electrons. The lowest BCUT2D eigenvalue weighted by Gasteiger charge is -2.23. The van der Waals surface area contributed by atoms with Gasteiger partial charge in [-0.25, -0.2) is 4.98 Å². The minimum atomic E-state index is 0.277. The molecule has 1 atom stereocenters. The summed E-state index contributed by atoms with van der Waals surface area (Å²) in [6, 6.07) is 5.88. The first-order valence-electron chi connectivity index (χ1n) is 6.16. The summed E-state index contributed by atoms with van der Waals surface area (Å²) in [5.74, 6) is 1.40. The van der Waals surface area contributed by atoms with Crippen LogP contribution in [0.2, 0.25) is 0 Å². The molecule has 4 nitrogen and oxygen atoms in total. The molecule has 0 bridgehead atoms. The number of nitrogens with one attached hydrogen (secondary N) is 1. The highest BCUT2D eigenvalue weighted by atomic mass is 15.0. The fourth-order valence-corrected chi connectivity index (χ4v) is 2.50. The maximum absolute atomic E-state index is 8.83. The Morgan fingerprint density at radius 3 is 2.94 bits per heavy atom. The molecule has 1 heterocycles. The summed E-state index contributed by atoms with van der Waals surface area (Å²) in [5, 5.41) is 12.2. The van der Waals surface area contributed by atoms with Gasteiger partial charge in [0.2, 0.25) is 0 Å². The van der Waals surface area contributed by atoms with Crippen molar-refractivity contribution in [3.05, 3.63) is 23.9 Å². The number of hydrogen-bond donors (Lipinski definition) is 2. The van der Waals surface area contributed by atoms with Crippen molar-refractivity contribution in [3.8, 4) is 6.07 Å². The molecule has 1 aliphatic carbocycles. The fourth-order valence-electron chi connectivity index (χ4n) is 2.50. The van der Waals surface area contributed by atoms with E-state index in [9.17, 15) is 0 Å². The molecule has 1 aliphatic rings. The first-order valence-corrected chi connectivity index (χ1v) is 6.16. The summed E-state index contributed by atoms with van der Waals surface area (Å²) in [5.41, 5.74) is 6.45. The van der Waals surface area contributed by atoms with Crippen molar-refractivity contribution in [2.75, 3.05) is 11.9 Å². The van der Waals surface area contributed by atoms with Crippen molar-refractivity contribution in [1.29, 1.82) is 5.26 Å². The van der Waals surface area contributed by atoms with Crippen molar-refractivity contribution >= 4 is 5.82 Å². The SMILES string of the molecule is N#Cc1ccnc(NC(CN)C2CCCC2)c1. The van der Waals surface area contributed by atoms with Gasteiger partial charge in [-0.05, 0) is 30.9 Å². The minimum absolute atomic E-state index is 0.277. The molecule has 1 saturated carbocycles. The Kier molecular flexibility index (Phi) is 3.94. The van der Waals surface area contributed by atoms with E-state index >= 15 is 0 Å². The van der Waals surface area contributed by atoms with Crippen LogP contribution in [0.25, 0.3) is 0 Å². The molecule has 0 aliphatic heterocycles. The molecule has 0 amide bonds. The average molecular weight is 230 g/mol. The zero-order valence-corrected chi connectivity index (χ0v) is 9.89. The maximum Gasteiger partial charge on any atom is 0.127 e. The number of rotatable bonds is 4. The predicted molar refractivity (Wildman–Crippen MR) is 67.4 cm³/mol. The Labute approximate surface area is 102 Å². The second-order valence-corrected chi connectivity index (χ2v) is 4.57. The van der Waals surface area contributed by atoms with Crippen LogP contribution in [0.4, 0.5) is 5.82 Å². The molecule has 90 valence electrons. The van der Waals surface area contributed by atoms with Crippen molar-refractivity contribution in [2.45, 2.75) is 31.7 Å². The van der Waals surface area contributed by atoms with E-state index in [1.807, 2.05) is 0 Å². The quantitative estimate of drug-likeness (QED) is 0.828. The lowest BCUT2D eigenvalue weighted by atomic mass is 9.98. The van der Waals surface area contributed by atoms with E-state index in [1.165, 1.54) is 25.7 Å². The van der Waals surface area contributed by atoms with Gasteiger partial charge in [-0.2, -0.15) is 5.26 Å². The van der Waals surface area contributed by atoms with Gasteiger partial charge >= 0.3 is 0 Å². The van der Waals surface area contributed by atoms with Crippen molar-refractivity contribution in [1.82, 2.24) is 4.98 Å². The first-order chi connectivity index (χ1) is 8.33. The van der Waals surface area contributed by atoms with Crippen molar-refractivity contribution < 1.29 is 0 Å². The molecular formula is C13H18N4. The first kappa shape index (κ1) is 11.9. The van der Waals surface area contributed by atoms with Crippen LogP contribution in [0, 0.1) is 17.2 Å². The lowest BCUT2D eigenvalue weighted by molar-refractivity contribution is 0.461. The standard InChI is InChI=1S/C13H18N4/c14-8-10-5-6-16-13(7-10)17-12(9-15)11-3-1-2-4-11/h5-7,11-12H,1-4,9,15H2,(H,16,17). The van der Waals surface area contributed by atoms with Crippen molar-refractivity contribution in [3.63, 3.8) is 0 Å². The van der Waals surface area contributed by atoms with E-state index in [-0.39, 0.29) is 6.04 Å². The zero-order chi connectivity index (χ0) is 12.1. The second-order valence-electron chi connectivity index (χ2n) is 4.57. The smallest absolute Gasteiger partial charge is 0.127 e. The molecule has 1 fully saturated rings. The van der Waals surface area contributed by atoms with Gasteiger partial charge in [0.05, 0.1) is 11.6 Å². The molecule has 1 unspecified atom stereocenters. The van der Waals surface area contributed by atoms with Gasteiger partial charge in [-0.15, -0.1) is 0 Å². The molecular weight excluding hydrogens is 212 g/mol. The van der Waals surface area contributed by atoms with Gasteiger partial charge in [0.15, 0.2) is 0 Å². The molecule has 0 saturated heterocycles. The van der Waals surface area contributed by atoms with Crippen LogP contribution < -0.4 is 11.1 Å². The number of pyridine rings is 1. The van der Waals surface area contributed by atoms with E-state index in [2.05, 4.69) is 16.4 Å². The summed E-state index contributed by atoms with van der Waals surface area (Å²) in [6.45, 7) is 0.614. The third kappa shape index (κ3) is 2.95. The Hall–Kier alpha value is -1.60. The van der Waals surface area contributed by atoms with Gasteiger partial charge < -0.3 is 11.1 Å². The average Bonchev–Trinajstić information content (AvgIpc) is 2.90. The predicted octanol–water partition coefficient (Wildman–Crippen LogP) is 1.88. The summed E-state index contributed by atoms with van der Waals surface area (Å²) >= 11 is 0. The summed E-state index contributed by atoms with van der Waals surface area (Å²) in [6.07, 6.45) is 6.74. The summed E-state index contributed by atoms with van der Waals surface area (Å²) < 4.78 is 0. The number of nitriles is 1. The molecule has 3 N–H and O–H groups in total. The topological polar surface area (TPSA) is 74.7 Å². The minimum Gasteiger partial charge on any atom is -0.366 e. The van der Waals surface area contributed by atoms with Crippen LogP contribution in [0.1, 0.15) is 31.2 Å². The second kappa shape index (κ2) is 5.65. The van der Waals surface area contributed by atoms with Crippen molar-refractivity contribution in [2.24, 2.45) is 11.7 Å².